The van der Waals surface area contributed by atoms with Crippen LogP contribution >= 0.6 is 15.9 Å². The van der Waals surface area contributed by atoms with Gasteiger partial charge in [0.1, 0.15) is 0 Å². The highest BCUT2D eigenvalue weighted by molar-refractivity contribution is 9.10. The number of hydrogen-bond donors (Lipinski definition) is 2. The number of nitrogens with one attached hydrogen (secondary N) is 2. The zero-order chi connectivity index (χ0) is 20.2. The first kappa shape index (κ1) is 18.9. The van der Waals surface area contributed by atoms with E-state index >= 15 is 0 Å². The first-order valence-corrected chi connectivity index (χ1v) is 9.86. The number of fused-ring (bicyclic) bond motifs is 1. The van der Waals surface area contributed by atoms with Crippen molar-refractivity contribution in [3.63, 3.8) is 0 Å². The lowest BCUT2D eigenvalue weighted by Gasteiger charge is -2.11. The van der Waals surface area contributed by atoms with E-state index in [1.54, 1.807) is 36.4 Å². The number of benzene rings is 4. The topological polar surface area (TPSA) is 58.2 Å². The first-order chi connectivity index (χ1) is 14.1. The van der Waals surface area contributed by atoms with Crippen molar-refractivity contribution in [2.45, 2.75) is 0 Å². The molecule has 0 fully saturated rings. The Kier molecular flexibility index (Phi) is 5.40. The molecule has 0 heterocycles. The standard InChI is InChI=1S/C24H17BrN2O2/c25-21-13-4-3-12-20(21)24(29)26-18-10-5-9-17(15-18)23(28)27-22-14-6-8-16-7-1-2-11-19(16)22/h1-15H,(H,26,29)(H,27,28). The molecule has 0 unspecified atom stereocenters. The number of anilines is 2. The lowest BCUT2D eigenvalue weighted by atomic mass is 10.1. The third-order valence-corrected chi connectivity index (χ3v) is 5.23. The van der Waals surface area contributed by atoms with E-state index in [4.69, 9.17) is 0 Å². The molecular formula is C24H17BrN2O2. The Hall–Kier alpha value is -3.44. The molecule has 0 bridgehead atoms. The Bertz CT molecular complexity index is 1210. The lowest BCUT2D eigenvalue weighted by Crippen LogP contribution is -2.15. The van der Waals surface area contributed by atoms with Crippen LogP contribution < -0.4 is 10.6 Å². The maximum absolute atomic E-state index is 12.8. The second kappa shape index (κ2) is 8.29. The predicted molar refractivity (Wildman–Crippen MR) is 120 cm³/mol. The highest BCUT2D eigenvalue weighted by Crippen LogP contribution is 2.24. The van der Waals surface area contributed by atoms with Gasteiger partial charge in [0.15, 0.2) is 0 Å². The molecule has 0 aliphatic heterocycles. The maximum Gasteiger partial charge on any atom is 0.256 e. The van der Waals surface area contributed by atoms with Crippen LogP contribution in [0, 0.1) is 0 Å². The average Bonchev–Trinajstić information content (AvgIpc) is 2.74. The molecule has 0 aliphatic carbocycles. The molecule has 0 aliphatic rings. The van der Waals surface area contributed by atoms with Crippen LogP contribution in [-0.4, -0.2) is 11.8 Å². The second-order valence-corrected chi connectivity index (χ2v) is 7.35. The van der Waals surface area contributed by atoms with E-state index in [-0.39, 0.29) is 11.8 Å². The molecule has 142 valence electrons. The first-order valence-electron chi connectivity index (χ1n) is 9.07. The number of carbonyl (C=O) groups is 2. The molecule has 0 saturated heterocycles. The van der Waals surface area contributed by atoms with Crippen LogP contribution in [0.25, 0.3) is 10.8 Å². The van der Waals surface area contributed by atoms with Gasteiger partial charge in [-0.1, -0.05) is 54.6 Å². The van der Waals surface area contributed by atoms with Gasteiger partial charge in [0.05, 0.1) is 5.56 Å². The number of rotatable bonds is 4. The highest BCUT2D eigenvalue weighted by Gasteiger charge is 2.12. The van der Waals surface area contributed by atoms with Gasteiger partial charge >= 0.3 is 0 Å². The monoisotopic (exact) mass is 444 g/mol. The fourth-order valence-electron chi connectivity index (χ4n) is 3.11. The van der Waals surface area contributed by atoms with Gasteiger partial charge in [0.2, 0.25) is 0 Å². The molecule has 5 heteroatoms. The van der Waals surface area contributed by atoms with Crippen molar-refractivity contribution in [1.82, 2.24) is 0 Å². The van der Waals surface area contributed by atoms with Gasteiger partial charge in [0.25, 0.3) is 11.8 Å². The minimum atomic E-state index is -0.246. The second-order valence-electron chi connectivity index (χ2n) is 6.50. The summed E-state index contributed by atoms with van der Waals surface area (Å²) in [5, 5.41) is 7.83. The number of hydrogen-bond acceptors (Lipinski definition) is 2. The van der Waals surface area contributed by atoms with Gasteiger partial charge in [0, 0.05) is 26.8 Å². The van der Waals surface area contributed by atoms with Crippen molar-refractivity contribution in [3.8, 4) is 0 Å². The highest BCUT2D eigenvalue weighted by atomic mass is 79.9. The SMILES string of the molecule is O=C(Nc1cccc2ccccc12)c1cccc(NC(=O)c2ccccc2Br)c1. The summed E-state index contributed by atoms with van der Waals surface area (Å²) in [5.74, 6) is -0.484. The number of carbonyl (C=O) groups excluding carboxylic acids is 2. The molecule has 0 atom stereocenters. The molecule has 2 amide bonds. The minimum absolute atomic E-state index is 0.238. The lowest BCUT2D eigenvalue weighted by molar-refractivity contribution is 0.101. The van der Waals surface area contributed by atoms with Crippen molar-refractivity contribution in [1.29, 1.82) is 0 Å². The van der Waals surface area contributed by atoms with Crippen molar-refractivity contribution in [3.05, 3.63) is 107 Å². The number of halogens is 1. The summed E-state index contributed by atoms with van der Waals surface area (Å²) in [6.07, 6.45) is 0. The molecule has 0 radical (unpaired) electrons. The fourth-order valence-corrected chi connectivity index (χ4v) is 3.58. The van der Waals surface area contributed by atoms with Gasteiger partial charge in [-0.25, -0.2) is 0 Å². The van der Waals surface area contributed by atoms with Gasteiger partial charge in [-0.2, -0.15) is 0 Å². The van der Waals surface area contributed by atoms with Gasteiger partial charge in [-0.05, 0) is 57.7 Å². The molecule has 2 N–H and O–H groups in total. The molecule has 4 aromatic carbocycles. The van der Waals surface area contributed by atoms with E-state index in [0.29, 0.717) is 21.3 Å². The zero-order valence-electron chi connectivity index (χ0n) is 15.4. The number of amides is 2. The van der Waals surface area contributed by atoms with Gasteiger partial charge in [-0.15, -0.1) is 0 Å². The van der Waals surface area contributed by atoms with E-state index in [0.717, 1.165) is 16.5 Å². The molecular weight excluding hydrogens is 428 g/mol. The quantitative estimate of drug-likeness (QED) is 0.399. The van der Waals surface area contributed by atoms with Crippen molar-refractivity contribution >= 4 is 49.9 Å². The van der Waals surface area contributed by atoms with Gasteiger partial charge < -0.3 is 10.6 Å². The Balaban J connectivity index is 1.54. The third kappa shape index (κ3) is 4.20. The summed E-state index contributed by atoms with van der Waals surface area (Å²) in [7, 11) is 0. The fraction of sp³-hybridized carbons (Fsp3) is 0. The Morgan fingerprint density at radius 3 is 2.28 bits per heavy atom. The summed E-state index contributed by atoms with van der Waals surface area (Å²) in [4.78, 5) is 25.3. The Morgan fingerprint density at radius 2 is 1.41 bits per heavy atom. The van der Waals surface area contributed by atoms with Crippen LogP contribution in [0.2, 0.25) is 0 Å². The molecule has 4 aromatic rings. The zero-order valence-corrected chi connectivity index (χ0v) is 16.9. The smallest absolute Gasteiger partial charge is 0.256 e. The Labute approximate surface area is 176 Å². The van der Waals surface area contributed by atoms with Crippen LogP contribution in [0.5, 0.6) is 0 Å². The van der Waals surface area contributed by atoms with E-state index in [9.17, 15) is 9.59 Å². The van der Waals surface area contributed by atoms with Crippen molar-refractivity contribution < 1.29 is 9.59 Å². The maximum atomic E-state index is 12.8. The average molecular weight is 445 g/mol. The van der Waals surface area contributed by atoms with Crippen LogP contribution in [0.15, 0.2) is 95.5 Å². The summed E-state index contributed by atoms with van der Waals surface area (Å²) in [6, 6.07) is 27.7. The minimum Gasteiger partial charge on any atom is -0.322 e. The summed E-state index contributed by atoms with van der Waals surface area (Å²) in [6.45, 7) is 0. The molecule has 4 rings (SSSR count). The van der Waals surface area contributed by atoms with Crippen LogP contribution in [0.3, 0.4) is 0 Å². The van der Waals surface area contributed by atoms with Gasteiger partial charge in [-0.3, -0.25) is 9.59 Å². The molecule has 0 aromatic heterocycles. The van der Waals surface area contributed by atoms with Crippen molar-refractivity contribution in [2.24, 2.45) is 0 Å². The van der Waals surface area contributed by atoms with E-state index in [1.807, 2.05) is 54.6 Å². The predicted octanol–water partition coefficient (Wildman–Crippen LogP) is 6.11. The van der Waals surface area contributed by atoms with Crippen LogP contribution in [0.1, 0.15) is 20.7 Å². The van der Waals surface area contributed by atoms with E-state index in [1.165, 1.54) is 0 Å². The van der Waals surface area contributed by atoms with E-state index < -0.39 is 0 Å². The molecule has 4 nitrogen and oxygen atoms in total. The summed E-state index contributed by atoms with van der Waals surface area (Å²) in [5.41, 5.74) is 2.29. The Morgan fingerprint density at radius 1 is 0.690 bits per heavy atom. The van der Waals surface area contributed by atoms with Crippen LogP contribution in [-0.2, 0) is 0 Å². The molecule has 29 heavy (non-hydrogen) atoms. The van der Waals surface area contributed by atoms with Crippen molar-refractivity contribution in [2.75, 3.05) is 10.6 Å². The third-order valence-electron chi connectivity index (χ3n) is 4.54. The molecule has 0 spiro atoms. The van der Waals surface area contributed by atoms with E-state index in [2.05, 4.69) is 26.6 Å². The normalized spacial score (nSPS) is 10.5. The molecule has 0 saturated carbocycles. The van der Waals surface area contributed by atoms with Crippen LogP contribution in [0.4, 0.5) is 11.4 Å². The largest absolute Gasteiger partial charge is 0.322 e. The summed E-state index contributed by atoms with van der Waals surface area (Å²) < 4.78 is 0.711. The summed E-state index contributed by atoms with van der Waals surface area (Å²) >= 11 is 3.38.